The van der Waals surface area contributed by atoms with E-state index in [0.717, 1.165) is 5.56 Å². The van der Waals surface area contributed by atoms with Crippen molar-refractivity contribution in [1.82, 2.24) is 15.1 Å². The van der Waals surface area contributed by atoms with Crippen LogP contribution < -0.4 is 5.32 Å². The van der Waals surface area contributed by atoms with Gasteiger partial charge >= 0.3 is 5.97 Å². The van der Waals surface area contributed by atoms with Crippen molar-refractivity contribution < 1.29 is 19.1 Å². The van der Waals surface area contributed by atoms with Gasteiger partial charge in [-0.1, -0.05) is 12.1 Å². The Bertz CT molecular complexity index is 682. The molecule has 23 heavy (non-hydrogen) atoms. The molecule has 0 aliphatic heterocycles. The summed E-state index contributed by atoms with van der Waals surface area (Å²) in [6.07, 6.45) is 4.25. The lowest BCUT2D eigenvalue weighted by atomic mass is 10.1. The van der Waals surface area contributed by atoms with Gasteiger partial charge in [-0.3, -0.25) is 9.48 Å². The molecule has 1 atom stereocenters. The standard InChI is InChI=1S/C16H18FN3O3/c1-20-10-12(9-18-20)4-7-15(21)19-14(16(22)23)8-11-2-5-13(17)6-3-11/h2-3,5-6,9-10,14H,4,7-8H2,1H3,(H,19,21)(H,22,23). The Kier molecular flexibility index (Phi) is 5.46. The van der Waals surface area contributed by atoms with Gasteiger partial charge in [-0.2, -0.15) is 5.10 Å². The molecule has 2 N–H and O–H groups in total. The number of aliphatic carboxylic acids is 1. The minimum atomic E-state index is -1.12. The highest BCUT2D eigenvalue weighted by Gasteiger charge is 2.20. The van der Waals surface area contributed by atoms with Crippen LogP contribution in [0.4, 0.5) is 4.39 Å². The molecule has 0 fully saturated rings. The maximum Gasteiger partial charge on any atom is 0.326 e. The summed E-state index contributed by atoms with van der Waals surface area (Å²) in [7, 11) is 1.78. The lowest BCUT2D eigenvalue weighted by Gasteiger charge is -2.14. The number of hydrogen-bond donors (Lipinski definition) is 2. The van der Waals surface area contributed by atoms with Crippen molar-refractivity contribution in [1.29, 1.82) is 0 Å². The molecule has 0 aliphatic carbocycles. The smallest absolute Gasteiger partial charge is 0.326 e. The van der Waals surface area contributed by atoms with Crippen LogP contribution in [0, 0.1) is 5.82 Å². The highest BCUT2D eigenvalue weighted by molar-refractivity contribution is 5.83. The molecule has 7 heteroatoms. The Morgan fingerprint density at radius 1 is 1.30 bits per heavy atom. The number of nitrogens with one attached hydrogen (secondary N) is 1. The summed E-state index contributed by atoms with van der Waals surface area (Å²) < 4.78 is 14.5. The van der Waals surface area contributed by atoms with E-state index in [1.807, 2.05) is 0 Å². The van der Waals surface area contributed by atoms with Crippen LogP contribution in [-0.2, 0) is 29.5 Å². The van der Waals surface area contributed by atoms with Crippen LogP contribution in [0.15, 0.2) is 36.7 Å². The second-order valence-corrected chi connectivity index (χ2v) is 5.31. The number of aryl methyl sites for hydroxylation is 2. The molecule has 2 rings (SSSR count). The number of nitrogens with zero attached hydrogens (tertiary/aromatic N) is 2. The van der Waals surface area contributed by atoms with Crippen LogP contribution in [0.5, 0.6) is 0 Å². The molecule has 122 valence electrons. The topological polar surface area (TPSA) is 84.2 Å². The Balaban J connectivity index is 1.89. The number of aromatic nitrogens is 2. The summed E-state index contributed by atoms with van der Waals surface area (Å²) in [5.74, 6) is -1.85. The van der Waals surface area contributed by atoms with E-state index in [1.165, 1.54) is 24.3 Å². The summed E-state index contributed by atoms with van der Waals surface area (Å²) in [5, 5.41) is 15.7. The zero-order valence-electron chi connectivity index (χ0n) is 12.7. The average molecular weight is 319 g/mol. The minimum Gasteiger partial charge on any atom is -0.480 e. The van der Waals surface area contributed by atoms with Gasteiger partial charge in [0.05, 0.1) is 6.20 Å². The number of carbonyl (C=O) groups is 2. The fourth-order valence-corrected chi connectivity index (χ4v) is 2.18. The number of carboxylic acid groups (broad SMARTS) is 1. The van der Waals surface area contributed by atoms with E-state index in [2.05, 4.69) is 10.4 Å². The van der Waals surface area contributed by atoms with Crippen molar-refractivity contribution in [3.8, 4) is 0 Å². The number of carbonyl (C=O) groups excluding carboxylic acids is 1. The molecule has 1 aromatic carbocycles. The van der Waals surface area contributed by atoms with Gasteiger partial charge in [-0.25, -0.2) is 9.18 Å². The lowest BCUT2D eigenvalue weighted by Crippen LogP contribution is -2.42. The van der Waals surface area contributed by atoms with Gasteiger partial charge < -0.3 is 10.4 Å². The van der Waals surface area contributed by atoms with E-state index in [-0.39, 0.29) is 24.6 Å². The summed E-state index contributed by atoms with van der Waals surface area (Å²) in [5.41, 5.74) is 1.56. The quantitative estimate of drug-likeness (QED) is 0.806. The van der Waals surface area contributed by atoms with E-state index < -0.39 is 12.0 Å². The van der Waals surface area contributed by atoms with Crippen molar-refractivity contribution in [3.05, 3.63) is 53.6 Å². The predicted molar refractivity (Wildman–Crippen MR) is 81.2 cm³/mol. The van der Waals surface area contributed by atoms with Gasteiger partial charge in [0.1, 0.15) is 11.9 Å². The number of halogens is 1. The van der Waals surface area contributed by atoms with E-state index in [4.69, 9.17) is 0 Å². The molecule has 1 unspecified atom stereocenters. The highest BCUT2D eigenvalue weighted by Crippen LogP contribution is 2.07. The average Bonchev–Trinajstić information content (AvgIpc) is 2.92. The van der Waals surface area contributed by atoms with E-state index in [1.54, 1.807) is 24.1 Å². The Morgan fingerprint density at radius 3 is 2.57 bits per heavy atom. The third-order valence-electron chi connectivity index (χ3n) is 3.39. The first kappa shape index (κ1) is 16.7. The molecule has 2 aromatic rings. The van der Waals surface area contributed by atoms with Crippen molar-refractivity contribution >= 4 is 11.9 Å². The van der Waals surface area contributed by atoms with Gasteiger partial charge in [0.2, 0.25) is 5.91 Å². The normalized spacial score (nSPS) is 11.9. The molecule has 1 aromatic heterocycles. The summed E-state index contributed by atoms with van der Waals surface area (Å²) in [4.78, 5) is 23.2. The zero-order valence-corrected chi connectivity index (χ0v) is 12.7. The van der Waals surface area contributed by atoms with Crippen LogP contribution >= 0.6 is 0 Å². The van der Waals surface area contributed by atoms with Gasteiger partial charge in [0, 0.05) is 26.1 Å². The van der Waals surface area contributed by atoms with Crippen LogP contribution in [0.3, 0.4) is 0 Å². The van der Waals surface area contributed by atoms with Gasteiger partial charge in [0.25, 0.3) is 0 Å². The fraction of sp³-hybridized carbons (Fsp3) is 0.312. The van der Waals surface area contributed by atoms with Crippen LogP contribution in [0.25, 0.3) is 0 Å². The number of benzene rings is 1. The Labute approximate surface area is 132 Å². The van der Waals surface area contributed by atoms with E-state index >= 15 is 0 Å². The molecule has 0 saturated heterocycles. The molecule has 0 bridgehead atoms. The predicted octanol–water partition coefficient (Wildman–Crippen LogP) is 1.30. The third-order valence-corrected chi connectivity index (χ3v) is 3.39. The highest BCUT2D eigenvalue weighted by atomic mass is 19.1. The number of rotatable bonds is 7. The van der Waals surface area contributed by atoms with E-state index in [0.29, 0.717) is 12.0 Å². The zero-order chi connectivity index (χ0) is 16.8. The van der Waals surface area contributed by atoms with Gasteiger partial charge in [0.15, 0.2) is 0 Å². The second-order valence-electron chi connectivity index (χ2n) is 5.31. The number of carboxylic acids is 1. The van der Waals surface area contributed by atoms with Crippen molar-refractivity contribution in [2.24, 2.45) is 7.05 Å². The van der Waals surface area contributed by atoms with Crippen LogP contribution in [-0.4, -0.2) is 32.8 Å². The first-order valence-corrected chi connectivity index (χ1v) is 7.18. The second kappa shape index (κ2) is 7.53. The molecule has 0 radical (unpaired) electrons. The molecule has 0 aliphatic rings. The Morgan fingerprint density at radius 2 is 2.00 bits per heavy atom. The van der Waals surface area contributed by atoms with Gasteiger partial charge in [-0.05, 0) is 29.7 Å². The third kappa shape index (κ3) is 5.21. The van der Waals surface area contributed by atoms with Crippen LogP contribution in [0.2, 0.25) is 0 Å². The fourth-order valence-electron chi connectivity index (χ4n) is 2.18. The molecule has 1 heterocycles. The summed E-state index contributed by atoms with van der Waals surface area (Å²) >= 11 is 0. The maximum atomic E-state index is 12.9. The summed E-state index contributed by atoms with van der Waals surface area (Å²) in [6, 6.07) is 4.50. The number of hydrogen-bond acceptors (Lipinski definition) is 3. The number of amides is 1. The molecule has 0 spiro atoms. The first-order chi connectivity index (χ1) is 10.9. The monoisotopic (exact) mass is 319 g/mol. The molecular formula is C16H18FN3O3. The van der Waals surface area contributed by atoms with Crippen molar-refractivity contribution in [2.45, 2.75) is 25.3 Å². The largest absolute Gasteiger partial charge is 0.480 e. The van der Waals surface area contributed by atoms with Gasteiger partial charge in [-0.15, -0.1) is 0 Å². The van der Waals surface area contributed by atoms with Crippen LogP contribution in [0.1, 0.15) is 17.5 Å². The molecular weight excluding hydrogens is 301 g/mol. The maximum absolute atomic E-state index is 12.9. The van der Waals surface area contributed by atoms with Crippen molar-refractivity contribution in [2.75, 3.05) is 0 Å². The molecule has 1 amide bonds. The molecule has 6 nitrogen and oxygen atoms in total. The molecule has 0 saturated carbocycles. The first-order valence-electron chi connectivity index (χ1n) is 7.18. The minimum absolute atomic E-state index is 0.105. The van der Waals surface area contributed by atoms with E-state index in [9.17, 15) is 19.1 Å². The van der Waals surface area contributed by atoms with Crippen molar-refractivity contribution in [3.63, 3.8) is 0 Å². The Hall–Kier alpha value is -2.70. The summed E-state index contributed by atoms with van der Waals surface area (Å²) in [6.45, 7) is 0. The SMILES string of the molecule is Cn1cc(CCC(=O)NC(Cc2ccc(F)cc2)C(=O)O)cn1. The lowest BCUT2D eigenvalue weighted by molar-refractivity contribution is -0.141.